The van der Waals surface area contributed by atoms with Crippen molar-refractivity contribution in [1.29, 1.82) is 0 Å². The molecule has 4 aromatic rings. The van der Waals surface area contributed by atoms with Crippen LogP contribution in [0.4, 0.5) is 18.9 Å². The molecule has 1 aromatic heterocycles. The van der Waals surface area contributed by atoms with E-state index in [1.165, 1.54) is 0 Å². The second kappa shape index (κ2) is 12.9. The molecule has 1 N–H and O–H groups in total. The topological polar surface area (TPSA) is 80.8 Å². The quantitative estimate of drug-likeness (QED) is 0.201. The molecule has 1 unspecified atom stereocenters. The van der Waals surface area contributed by atoms with Crippen molar-refractivity contribution >= 4 is 49.8 Å². The van der Waals surface area contributed by atoms with Gasteiger partial charge in [-0.25, -0.2) is 13.4 Å². The Kier molecular flexibility index (Phi) is 9.47. The number of halogens is 5. The van der Waals surface area contributed by atoms with Gasteiger partial charge in [-0.15, -0.1) is 0 Å². The maximum Gasteiger partial charge on any atom is 0.511 e. The molecule has 0 spiro atoms. The van der Waals surface area contributed by atoms with E-state index in [-0.39, 0.29) is 32.0 Å². The van der Waals surface area contributed by atoms with Crippen LogP contribution in [-0.2, 0) is 10.0 Å². The van der Waals surface area contributed by atoms with E-state index in [9.17, 15) is 21.6 Å². The summed E-state index contributed by atoms with van der Waals surface area (Å²) in [7, 11) is -5.38. The molecule has 1 saturated heterocycles. The lowest BCUT2D eigenvalue weighted by Gasteiger charge is -2.32. The molecule has 240 valence electrons. The molecule has 1 fully saturated rings. The molecule has 0 radical (unpaired) electrons. The summed E-state index contributed by atoms with van der Waals surface area (Å²) in [6.07, 6.45) is -0.176. The minimum Gasteiger partial charge on any atom is -0.481 e. The van der Waals surface area contributed by atoms with Crippen molar-refractivity contribution in [2.24, 2.45) is 0 Å². The highest BCUT2D eigenvalue weighted by molar-refractivity contribution is 7.90. The van der Waals surface area contributed by atoms with Gasteiger partial charge in [0.25, 0.3) is 0 Å². The number of hydrogen-bond acceptors (Lipinski definition) is 6. The molecule has 13 heteroatoms. The van der Waals surface area contributed by atoms with Crippen molar-refractivity contribution in [2.45, 2.75) is 56.9 Å². The first kappa shape index (κ1) is 33.1. The van der Waals surface area contributed by atoms with Gasteiger partial charge in [0.15, 0.2) is 0 Å². The Morgan fingerprint density at radius 2 is 1.47 bits per heavy atom. The number of aromatic nitrogens is 1. The first-order valence-corrected chi connectivity index (χ1v) is 16.4. The lowest BCUT2D eigenvalue weighted by molar-refractivity contribution is -0.0494. The van der Waals surface area contributed by atoms with Crippen LogP contribution in [0.3, 0.4) is 0 Å². The van der Waals surface area contributed by atoms with Crippen LogP contribution in [0.1, 0.15) is 50.8 Å². The fraction of sp³-hybridized carbons (Fsp3) is 0.344. The van der Waals surface area contributed by atoms with Gasteiger partial charge in [-0.1, -0.05) is 41.4 Å². The first-order valence-electron chi connectivity index (χ1n) is 14.2. The third kappa shape index (κ3) is 7.95. The Balaban J connectivity index is 1.51. The fourth-order valence-corrected chi connectivity index (χ4v) is 6.33. The molecule has 0 aliphatic carbocycles. The molecule has 7 nitrogen and oxygen atoms in total. The van der Waals surface area contributed by atoms with Gasteiger partial charge >= 0.3 is 15.5 Å². The van der Waals surface area contributed by atoms with Crippen LogP contribution >= 0.6 is 23.2 Å². The summed E-state index contributed by atoms with van der Waals surface area (Å²) in [5.74, 6) is 0.972. The number of piperidine rings is 1. The Labute approximate surface area is 270 Å². The lowest BCUT2D eigenvalue weighted by Crippen LogP contribution is -2.47. The smallest absolute Gasteiger partial charge is 0.481 e. The minimum absolute atomic E-state index is 0.182. The van der Waals surface area contributed by atoms with E-state index >= 15 is 0 Å². The molecular weight excluding hydrogens is 650 g/mol. The SMILES string of the molecule is CC(C)(C)Oc1cc(NC2CCN(S(=O)(=O)C(F)(F)F)CC2)c2cc(C(Oc3ccc(Cl)cc3)c3ccc(Cl)cc3)ccc2n1. The molecule has 1 aliphatic rings. The summed E-state index contributed by atoms with van der Waals surface area (Å²) in [6, 6.07) is 21.6. The fourth-order valence-electron chi connectivity index (χ4n) is 5.09. The predicted molar refractivity (Wildman–Crippen MR) is 171 cm³/mol. The van der Waals surface area contributed by atoms with Gasteiger partial charge in [-0.05, 0) is 93.3 Å². The molecule has 0 amide bonds. The number of alkyl halides is 3. The van der Waals surface area contributed by atoms with Crippen LogP contribution in [0, 0.1) is 0 Å². The number of ether oxygens (including phenoxy) is 2. The van der Waals surface area contributed by atoms with Crippen molar-refractivity contribution in [3.05, 3.63) is 94.0 Å². The standard InChI is InChI=1S/C32H32Cl2F3N3O4S/c1-31(2,3)44-29-19-28(38-24-14-16-40(17-15-24)45(41,42)32(35,36)37)26-18-21(6-13-27(26)39-29)30(20-4-7-22(33)8-5-20)43-25-11-9-23(34)10-12-25/h4-13,18-19,24,30H,14-17H2,1-3H3,(H,38,39). The number of pyridine rings is 1. The van der Waals surface area contributed by atoms with Gasteiger partial charge < -0.3 is 14.8 Å². The van der Waals surface area contributed by atoms with E-state index in [0.29, 0.717) is 37.2 Å². The Hall–Kier alpha value is -3.25. The molecule has 5 rings (SSSR count). The number of sulfonamides is 1. The molecule has 1 atom stereocenters. The van der Waals surface area contributed by atoms with Crippen molar-refractivity contribution in [1.82, 2.24) is 9.29 Å². The third-order valence-corrected chi connectivity index (χ3v) is 9.34. The normalized spacial score (nSPS) is 16.0. The van der Waals surface area contributed by atoms with Gasteiger partial charge in [-0.3, -0.25) is 0 Å². The summed E-state index contributed by atoms with van der Waals surface area (Å²) in [5, 5.41) is 5.33. The number of hydrogen-bond donors (Lipinski definition) is 1. The largest absolute Gasteiger partial charge is 0.511 e. The number of nitrogens with one attached hydrogen (secondary N) is 1. The van der Waals surface area contributed by atoms with Crippen molar-refractivity contribution in [3.63, 3.8) is 0 Å². The van der Waals surface area contributed by atoms with Crippen LogP contribution in [0.15, 0.2) is 72.8 Å². The summed E-state index contributed by atoms with van der Waals surface area (Å²) >= 11 is 12.3. The van der Waals surface area contributed by atoms with Gasteiger partial charge in [0.05, 0.1) is 5.52 Å². The van der Waals surface area contributed by atoms with Gasteiger partial charge in [-0.2, -0.15) is 17.5 Å². The third-order valence-electron chi connectivity index (χ3n) is 7.21. The zero-order chi connectivity index (χ0) is 32.6. The molecule has 2 heterocycles. The number of anilines is 1. The summed E-state index contributed by atoms with van der Waals surface area (Å²) in [5.41, 5.74) is -2.94. The zero-order valence-electron chi connectivity index (χ0n) is 24.7. The van der Waals surface area contributed by atoms with Gasteiger partial charge in [0, 0.05) is 46.3 Å². The van der Waals surface area contributed by atoms with Crippen LogP contribution in [0.25, 0.3) is 10.9 Å². The van der Waals surface area contributed by atoms with E-state index in [2.05, 4.69) is 5.32 Å². The maximum absolute atomic E-state index is 13.1. The second-order valence-electron chi connectivity index (χ2n) is 11.8. The van der Waals surface area contributed by atoms with E-state index in [1.54, 1.807) is 42.5 Å². The molecule has 45 heavy (non-hydrogen) atoms. The minimum atomic E-state index is -5.38. The summed E-state index contributed by atoms with van der Waals surface area (Å²) in [6.45, 7) is 5.18. The lowest BCUT2D eigenvalue weighted by atomic mass is 9.98. The number of rotatable bonds is 8. The van der Waals surface area contributed by atoms with Crippen molar-refractivity contribution in [2.75, 3.05) is 18.4 Å². The second-order valence-corrected chi connectivity index (χ2v) is 14.6. The van der Waals surface area contributed by atoms with E-state index < -0.39 is 27.2 Å². The average Bonchev–Trinajstić information content (AvgIpc) is 2.96. The van der Waals surface area contributed by atoms with E-state index in [0.717, 1.165) is 16.5 Å². The van der Waals surface area contributed by atoms with E-state index in [4.69, 9.17) is 37.7 Å². The Bertz CT molecular complexity index is 1760. The summed E-state index contributed by atoms with van der Waals surface area (Å²) in [4.78, 5) is 4.72. The van der Waals surface area contributed by atoms with Gasteiger partial charge in [0.1, 0.15) is 17.5 Å². The molecule has 0 bridgehead atoms. The molecule has 0 saturated carbocycles. The monoisotopic (exact) mass is 681 g/mol. The van der Waals surface area contributed by atoms with Gasteiger partial charge in [0.2, 0.25) is 5.88 Å². The molecule has 1 aliphatic heterocycles. The average molecular weight is 683 g/mol. The highest BCUT2D eigenvalue weighted by Crippen LogP contribution is 2.36. The van der Waals surface area contributed by atoms with Crippen molar-refractivity contribution in [3.8, 4) is 11.6 Å². The van der Waals surface area contributed by atoms with Crippen LogP contribution in [-0.4, -0.2) is 47.9 Å². The summed E-state index contributed by atoms with van der Waals surface area (Å²) < 4.78 is 76.3. The first-order chi connectivity index (χ1) is 21.1. The highest BCUT2D eigenvalue weighted by atomic mass is 35.5. The van der Waals surface area contributed by atoms with Crippen LogP contribution in [0.5, 0.6) is 11.6 Å². The zero-order valence-corrected chi connectivity index (χ0v) is 27.1. The van der Waals surface area contributed by atoms with E-state index in [1.807, 2.05) is 51.1 Å². The predicted octanol–water partition coefficient (Wildman–Crippen LogP) is 8.61. The molecule has 3 aromatic carbocycles. The highest BCUT2D eigenvalue weighted by Gasteiger charge is 2.50. The van der Waals surface area contributed by atoms with Crippen LogP contribution < -0.4 is 14.8 Å². The Morgan fingerprint density at radius 3 is 2.04 bits per heavy atom. The molecular formula is C32H32Cl2F3N3O4S. The number of benzene rings is 3. The number of nitrogens with zero attached hydrogens (tertiary/aromatic N) is 2. The maximum atomic E-state index is 13.1. The Morgan fingerprint density at radius 1 is 0.889 bits per heavy atom. The van der Waals surface area contributed by atoms with Crippen LogP contribution in [0.2, 0.25) is 10.0 Å². The van der Waals surface area contributed by atoms with Crippen molar-refractivity contribution < 1.29 is 31.1 Å². The number of fused-ring (bicyclic) bond motifs is 1.